The molecule has 4 aliphatic rings. The van der Waals surface area contributed by atoms with Gasteiger partial charge in [0.05, 0.1) is 21.9 Å². The highest BCUT2D eigenvalue weighted by Crippen LogP contribution is 2.40. The van der Waals surface area contributed by atoms with Crippen molar-refractivity contribution >= 4 is 69.1 Å². The Morgan fingerprint density at radius 3 is 2.37 bits per heavy atom. The van der Waals surface area contributed by atoms with Crippen LogP contribution < -0.4 is 15.1 Å². The zero-order valence-electron chi connectivity index (χ0n) is 37.2. The van der Waals surface area contributed by atoms with Gasteiger partial charge in [0.2, 0.25) is 11.8 Å². The second-order valence-corrected chi connectivity index (χ2v) is 18.1. The SMILES string of the molecule is CN(C)C(=O)c1cc2c(-c3ccc(N4CCN(CCC5CN(C(=O)c6ccc(Cl)c(N7CCC(=O)NC7=O)c6)C5)CC4)c(F)c3F)cc(C3=CCCN(C(=O)CCn4cccn4)C3)c(F)c2[nH]1. The van der Waals surface area contributed by atoms with Crippen LogP contribution in [-0.2, 0) is 16.1 Å². The molecule has 3 fully saturated rings. The van der Waals surface area contributed by atoms with Crippen LogP contribution in [0.1, 0.15) is 52.1 Å². The Kier molecular flexibility index (Phi) is 12.8. The summed E-state index contributed by atoms with van der Waals surface area (Å²) in [6.07, 6.45) is 6.92. The molecular weight excluding hydrogens is 889 g/mol. The Labute approximate surface area is 389 Å². The molecular formula is C48H50ClF3N10O5. The molecule has 0 saturated carbocycles. The number of hydrogen-bond donors (Lipinski definition) is 2. The molecule has 3 aromatic carbocycles. The zero-order chi connectivity index (χ0) is 47.1. The van der Waals surface area contributed by atoms with Crippen LogP contribution in [0, 0.1) is 23.4 Å². The smallest absolute Gasteiger partial charge is 0.328 e. The van der Waals surface area contributed by atoms with Crippen molar-refractivity contribution in [1.29, 1.82) is 0 Å². The Bertz CT molecular complexity index is 2800. The van der Waals surface area contributed by atoms with E-state index in [2.05, 4.69) is 20.3 Å². The Morgan fingerprint density at radius 2 is 1.64 bits per heavy atom. The van der Waals surface area contributed by atoms with Gasteiger partial charge in [-0.1, -0.05) is 17.7 Å². The molecule has 15 nitrogen and oxygen atoms in total. The number of H-pyrrole nitrogens is 1. The third-order valence-electron chi connectivity index (χ3n) is 13.2. The highest BCUT2D eigenvalue weighted by atomic mass is 35.5. The number of carbonyl (C=O) groups is 5. The minimum Gasteiger partial charge on any atom is -0.367 e. The van der Waals surface area contributed by atoms with Gasteiger partial charge < -0.3 is 24.6 Å². The van der Waals surface area contributed by atoms with Crippen molar-refractivity contribution in [2.75, 3.05) is 89.3 Å². The molecule has 0 atom stereocenters. The molecule has 2 N–H and O–H groups in total. The number of rotatable bonds is 12. The van der Waals surface area contributed by atoms with E-state index in [1.54, 1.807) is 71.3 Å². The van der Waals surface area contributed by atoms with Crippen molar-refractivity contribution in [1.82, 2.24) is 39.7 Å². The number of benzene rings is 3. The summed E-state index contributed by atoms with van der Waals surface area (Å²) in [4.78, 5) is 76.8. The van der Waals surface area contributed by atoms with Gasteiger partial charge in [-0.2, -0.15) is 5.10 Å². The van der Waals surface area contributed by atoms with Crippen LogP contribution in [0.3, 0.4) is 0 Å². The van der Waals surface area contributed by atoms with Crippen LogP contribution in [0.25, 0.3) is 27.6 Å². The van der Waals surface area contributed by atoms with E-state index in [4.69, 9.17) is 11.6 Å². The topological polar surface area (TPSA) is 150 Å². The van der Waals surface area contributed by atoms with Crippen LogP contribution in [0.2, 0.25) is 5.02 Å². The van der Waals surface area contributed by atoms with Gasteiger partial charge in [0.15, 0.2) is 17.5 Å². The Morgan fingerprint density at radius 1 is 0.851 bits per heavy atom. The molecule has 0 unspecified atom stereocenters. The molecule has 2 aromatic heterocycles. The standard InChI is InChI=1S/C48H50ClF3N10O5/c1-56(2)47(66)37-25-35-34(24-33(43(51)45(35)54-37)31-5-3-14-59(28-31)41(64)12-17-61-15-4-13-53-61)32-7-9-38(44(52)42(32)50)58-21-19-57(20-22-58)16-10-29-26-60(27-29)46(65)30-6-8-36(49)39(23-30)62-18-11-40(63)55-48(62)67/h4-9,13,15,23-25,29,54H,3,10-12,14,16-22,26-28H2,1-2H3,(H,55,63,67). The van der Waals surface area contributed by atoms with Crippen LogP contribution in [0.15, 0.2) is 67.0 Å². The number of amides is 6. The number of imide groups is 1. The maximum Gasteiger partial charge on any atom is 0.328 e. The van der Waals surface area contributed by atoms with Crippen molar-refractivity contribution in [2.45, 2.75) is 32.2 Å². The first-order chi connectivity index (χ1) is 32.2. The number of urea groups is 1. The van der Waals surface area contributed by atoms with Gasteiger partial charge >= 0.3 is 6.03 Å². The number of nitrogens with zero attached hydrogens (tertiary/aromatic N) is 8. The van der Waals surface area contributed by atoms with Gasteiger partial charge in [-0.25, -0.2) is 18.0 Å². The summed E-state index contributed by atoms with van der Waals surface area (Å²) in [5.41, 5.74) is 1.71. The molecule has 19 heteroatoms. The van der Waals surface area contributed by atoms with E-state index in [1.165, 1.54) is 28.0 Å². The van der Waals surface area contributed by atoms with Crippen LogP contribution in [-0.4, -0.2) is 144 Å². The van der Waals surface area contributed by atoms with E-state index in [0.29, 0.717) is 80.6 Å². The highest BCUT2D eigenvalue weighted by Gasteiger charge is 2.34. The fourth-order valence-electron chi connectivity index (χ4n) is 9.34. The van der Waals surface area contributed by atoms with Gasteiger partial charge in [0.25, 0.3) is 11.8 Å². The number of anilines is 2. The molecule has 6 heterocycles. The largest absolute Gasteiger partial charge is 0.367 e. The number of hydrogen-bond acceptors (Lipinski definition) is 8. The summed E-state index contributed by atoms with van der Waals surface area (Å²) in [5, 5.41) is 6.95. The number of aromatic amines is 1. The van der Waals surface area contributed by atoms with Gasteiger partial charge in [0, 0.05) is 127 Å². The summed E-state index contributed by atoms with van der Waals surface area (Å²) in [6.45, 7) is 5.20. The predicted octanol–water partition coefficient (Wildman–Crippen LogP) is 6.24. The maximum absolute atomic E-state index is 16.6. The predicted molar refractivity (Wildman–Crippen MR) is 247 cm³/mol. The number of halogens is 4. The molecule has 6 amide bonds. The normalized spacial score (nSPS) is 17.2. The monoisotopic (exact) mass is 938 g/mol. The molecule has 350 valence electrons. The summed E-state index contributed by atoms with van der Waals surface area (Å²) in [6, 6.07) is 12.0. The zero-order valence-corrected chi connectivity index (χ0v) is 37.9. The lowest BCUT2D eigenvalue weighted by atomic mass is 9.92. The second kappa shape index (κ2) is 18.9. The lowest BCUT2D eigenvalue weighted by Gasteiger charge is -2.41. The number of piperazine rings is 1. The summed E-state index contributed by atoms with van der Waals surface area (Å²) >= 11 is 6.37. The van der Waals surface area contributed by atoms with Crippen molar-refractivity contribution in [3.05, 3.63) is 106 Å². The molecule has 5 aromatic rings. The quantitative estimate of drug-likeness (QED) is 0.149. The van der Waals surface area contributed by atoms with E-state index < -0.39 is 29.4 Å². The molecule has 9 rings (SSSR count). The van der Waals surface area contributed by atoms with E-state index in [-0.39, 0.29) is 88.5 Å². The van der Waals surface area contributed by atoms with Gasteiger partial charge in [-0.15, -0.1) is 0 Å². The fourth-order valence-corrected chi connectivity index (χ4v) is 9.56. The van der Waals surface area contributed by atoms with Crippen molar-refractivity contribution in [2.24, 2.45) is 5.92 Å². The molecule has 67 heavy (non-hydrogen) atoms. The van der Waals surface area contributed by atoms with Gasteiger partial charge in [-0.3, -0.25) is 39.0 Å². The highest BCUT2D eigenvalue weighted by molar-refractivity contribution is 6.34. The molecule has 3 saturated heterocycles. The van der Waals surface area contributed by atoms with E-state index in [9.17, 15) is 24.0 Å². The maximum atomic E-state index is 16.6. The third kappa shape index (κ3) is 9.24. The van der Waals surface area contributed by atoms with E-state index >= 15 is 13.2 Å². The first-order valence-electron chi connectivity index (χ1n) is 22.4. The molecule has 0 radical (unpaired) electrons. The van der Waals surface area contributed by atoms with Crippen molar-refractivity contribution in [3.8, 4) is 11.1 Å². The Hall–Kier alpha value is -6.66. The summed E-state index contributed by atoms with van der Waals surface area (Å²) in [7, 11) is 3.13. The van der Waals surface area contributed by atoms with Crippen molar-refractivity contribution < 1.29 is 37.1 Å². The molecule has 0 spiro atoms. The van der Waals surface area contributed by atoms with E-state index in [0.717, 1.165) is 13.0 Å². The minimum absolute atomic E-state index is 0.0255. The second-order valence-electron chi connectivity index (χ2n) is 17.7. The number of aryl methyl sites for hydroxylation is 1. The Balaban J connectivity index is 0.848. The number of fused-ring (bicyclic) bond motifs is 1. The van der Waals surface area contributed by atoms with Gasteiger partial charge in [-0.05, 0) is 85.0 Å². The molecule has 0 aliphatic carbocycles. The number of likely N-dealkylation sites (tertiary alicyclic amines) is 1. The summed E-state index contributed by atoms with van der Waals surface area (Å²) in [5.74, 6) is -3.57. The average molecular weight is 939 g/mol. The molecule has 0 bridgehead atoms. The average Bonchev–Trinajstić information content (AvgIpc) is 4.01. The number of aromatic nitrogens is 3. The van der Waals surface area contributed by atoms with Crippen LogP contribution in [0.5, 0.6) is 0 Å². The number of nitrogens with one attached hydrogen (secondary N) is 2. The minimum atomic E-state index is -1.10. The first kappa shape index (κ1) is 45.5. The van der Waals surface area contributed by atoms with Crippen LogP contribution in [0.4, 0.5) is 29.3 Å². The third-order valence-corrected chi connectivity index (χ3v) is 13.5. The van der Waals surface area contributed by atoms with Crippen molar-refractivity contribution in [3.63, 3.8) is 0 Å². The first-order valence-corrected chi connectivity index (χ1v) is 22.8. The molecule has 4 aliphatic heterocycles. The van der Waals surface area contributed by atoms with E-state index in [1.807, 2.05) is 11.0 Å². The van der Waals surface area contributed by atoms with Crippen LogP contribution >= 0.6 is 11.6 Å². The summed E-state index contributed by atoms with van der Waals surface area (Å²) < 4.78 is 51.1. The van der Waals surface area contributed by atoms with Gasteiger partial charge in [0.1, 0.15) is 5.69 Å². The lowest BCUT2D eigenvalue weighted by molar-refractivity contribution is -0.131. The lowest BCUT2D eigenvalue weighted by Crippen LogP contribution is -2.52. The number of carbonyl (C=O) groups excluding carboxylic acids is 5. The fraction of sp³-hybridized carbons (Fsp3) is 0.375.